The van der Waals surface area contributed by atoms with E-state index in [1.165, 1.54) is 5.56 Å². The van der Waals surface area contributed by atoms with E-state index < -0.39 is 0 Å². The van der Waals surface area contributed by atoms with Crippen LogP contribution in [-0.4, -0.2) is 31.4 Å². The van der Waals surface area contributed by atoms with Crippen molar-refractivity contribution in [2.24, 2.45) is 0 Å². The fourth-order valence-corrected chi connectivity index (χ4v) is 2.30. The third kappa shape index (κ3) is 1.98. The topological polar surface area (TPSA) is 41.5 Å². The van der Waals surface area contributed by atoms with Crippen molar-refractivity contribution in [1.29, 1.82) is 0 Å². The lowest BCUT2D eigenvalue weighted by atomic mass is 9.91. The number of aliphatic hydroxyl groups is 1. The molecule has 0 spiro atoms. The first-order valence-corrected chi connectivity index (χ1v) is 5.34. The Hall–Kier alpha value is -1.06. The highest BCUT2D eigenvalue weighted by atomic mass is 16.5. The number of rotatable bonds is 3. The van der Waals surface area contributed by atoms with Gasteiger partial charge in [0.05, 0.1) is 13.7 Å². The fourth-order valence-electron chi connectivity index (χ4n) is 2.30. The van der Waals surface area contributed by atoms with Gasteiger partial charge in [-0.3, -0.25) is 0 Å². The first-order valence-electron chi connectivity index (χ1n) is 5.34. The van der Waals surface area contributed by atoms with Gasteiger partial charge in [-0.05, 0) is 24.6 Å². The number of para-hydroxylation sites is 1. The number of methoxy groups -OCH3 is 1. The molecule has 0 aliphatic carbocycles. The van der Waals surface area contributed by atoms with Crippen molar-refractivity contribution in [3.63, 3.8) is 0 Å². The van der Waals surface area contributed by atoms with Crippen molar-refractivity contribution in [3.8, 4) is 5.75 Å². The minimum atomic E-state index is 0.168. The van der Waals surface area contributed by atoms with E-state index in [4.69, 9.17) is 4.74 Å². The smallest absolute Gasteiger partial charge is 0.122 e. The molecule has 1 aromatic rings. The third-order valence-electron chi connectivity index (χ3n) is 3.08. The van der Waals surface area contributed by atoms with Crippen molar-refractivity contribution >= 4 is 0 Å². The van der Waals surface area contributed by atoms with E-state index in [0.29, 0.717) is 5.92 Å². The Bertz CT molecular complexity index is 327. The highest BCUT2D eigenvalue weighted by Crippen LogP contribution is 2.33. The summed E-state index contributed by atoms with van der Waals surface area (Å²) in [6.45, 7) is 1.15. The van der Waals surface area contributed by atoms with Crippen LogP contribution >= 0.6 is 0 Å². The second-order valence-electron chi connectivity index (χ2n) is 3.88. The Labute approximate surface area is 90.1 Å². The Morgan fingerprint density at radius 3 is 3.00 bits per heavy atom. The van der Waals surface area contributed by atoms with Crippen LogP contribution in [0.15, 0.2) is 24.3 Å². The predicted molar refractivity (Wildman–Crippen MR) is 59.2 cm³/mol. The number of ether oxygens (including phenoxy) is 1. The summed E-state index contributed by atoms with van der Waals surface area (Å²) < 4.78 is 5.34. The number of nitrogens with one attached hydrogen (secondary N) is 1. The van der Waals surface area contributed by atoms with E-state index in [-0.39, 0.29) is 12.6 Å². The SMILES string of the molecule is COc1ccccc1[C@@H]1CCN[C@H]1CO. The van der Waals surface area contributed by atoms with Gasteiger partial charge in [-0.15, -0.1) is 0 Å². The molecule has 2 rings (SSSR count). The van der Waals surface area contributed by atoms with Crippen LogP contribution in [0.1, 0.15) is 17.9 Å². The van der Waals surface area contributed by atoms with Gasteiger partial charge in [0.1, 0.15) is 5.75 Å². The molecule has 2 atom stereocenters. The van der Waals surface area contributed by atoms with E-state index >= 15 is 0 Å². The number of hydrogen-bond donors (Lipinski definition) is 2. The van der Waals surface area contributed by atoms with Crippen LogP contribution in [0.3, 0.4) is 0 Å². The van der Waals surface area contributed by atoms with Gasteiger partial charge in [0.25, 0.3) is 0 Å². The summed E-state index contributed by atoms with van der Waals surface area (Å²) in [5.74, 6) is 1.29. The monoisotopic (exact) mass is 207 g/mol. The van der Waals surface area contributed by atoms with E-state index in [1.807, 2.05) is 18.2 Å². The van der Waals surface area contributed by atoms with Crippen molar-refractivity contribution < 1.29 is 9.84 Å². The van der Waals surface area contributed by atoms with E-state index in [2.05, 4.69) is 11.4 Å². The maximum absolute atomic E-state index is 9.26. The zero-order valence-corrected chi connectivity index (χ0v) is 8.94. The average molecular weight is 207 g/mol. The van der Waals surface area contributed by atoms with Crippen molar-refractivity contribution in [2.75, 3.05) is 20.3 Å². The normalized spacial score (nSPS) is 25.5. The molecule has 0 aromatic heterocycles. The molecule has 0 unspecified atom stereocenters. The standard InChI is InChI=1S/C12H17NO2/c1-15-12-5-3-2-4-10(12)9-6-7-13-11(9)8-14/h2-5,9,11,13-14H,6-8H2,1H3/t9-,11-/m0/s1. The Morgan fingerprint density at radius 2 is 2.27 bits per heavy atom. The predicted octanol–water partition coefficient (Wildman–Crippen LogP) is 1.13. The summed E-state index contributed by atoms with van der Waals surface area (Å²) in [5.41, 5.74) is 1.20. The third-order valence-corrected chi connectivity index (χ3v) is 3.08. The van der Waals surface area contributed by atoms with E-state index in [0.717, 1.165) is 18.7 Å². The fraction of sp³-hybridized carbons (Fsp3) is 0.500. The first kappa shape index (κ1) is 10.5. The Kier molecular flexibility index (Phi) is 3.23. The Balaban J connectivity index is 2.27. The molecule has 15 heavy (non-hydrogen) atoms. The lowest BCUT2D eigenvalue weighted by Gasteiger charge is -2.19. The van der Waals surface area contributed by atoms with Gasteiger partial charge >= 0.3 is 0 Å². The number of aliphatic hydroxyl groups excluding tert-OH is 1. The van der Waals surface area contributed by atoms with Gasteiger partial charge in [-0.25, -0.2) is 0 Å². The van der Waals surface area contributed by atoms with Crippen LogP contribution in [-0.2, 0) is 0 Å². The van der Waals surface area contributed by atoms with Gasteiger partial charge in [0.2, 0.25) is 0 Å². The van der Waals surface area contributed by atoms with Crippen molar-refractivity contribution in [1.82, 2.24) is 5.32 Å². The van der Waals surface area contributed by atoms with Crippen LogP contribution in [0.5, 0.6) is 5.75 Å². The van der Waals surface area contributed by atoms with Crippen LogP contribution in [0.2, 0.25) is 0 Å². The largest absolute Gasteiger partial charge is 0.496 e. The summed E-state index contributed by atoms with van der Waals surface area (Å²) in [6, 6.07) is 8.21. The zero-order chi connectivity index (χ0) is 10.7. The molecule has 0 radical (unpaired) electrons. The maximum Gasteiger partial charge on any atom is 0.122 e. The summed E-state index contributed by atoms with van der Waals surface area (Å²) in [7, 11) is 1.69. The van der Waals surface area contributed by atoms with Gasteiger partial charge in [-0.2, -0.15) is 0 Å². The average Bonchev–Trinajstić information content (AvgIpc) is 2.76. The molecule has 3 nitrogen and oxygen atoms in total. The van der Waals surface area contributed by atoms with Crippen molar-refractivity contribution in [3.05, 3.63) is 29.8 Å². The van der Waals surface area contributed by atoms with Gasteiger partial charge in [0.15, 0.2) is 0 Å². The molecule has 1 aromatic carbocycles. The summed E-state index contributed by atoms with van der Waals surface area (Å²) in [6.07, 6.45) is 1.06. The highest BCUT2D eigenvalue weighted by molar-refractivity contribution is 5.37. The lowest BCUT2D eigenvalue weighted by Crippen LogP contribution is -2.29. The molecule has 82 valence electrons. The molecule has 0 bridgehead atoms. The quantitative estimate of drug-likeness (QED) is 0.780. The molecule has 1 fully saturated rings. The maximum atomic E-state index is 9.26. The first-order chi connectivity index (χ1) is 7.36. The van der Waals surface area contributed by atoms with Crippen LogP contribution in [0, 0.1) is 0 Å². The molecular weight excluding hydrogens is 190 g/mol. The number of hydrogen-bond acceptors (Lipinski definition) is 3. The van der Waals surface area contributed by atoms with Gasteiger partial charge < -0.3 is 15.2 Å². The van der Waals surface area contributed by atoms with Crippen molar-refractivity contribution in [2.45, 2.75) is 18.4 Å². The molecule has 1 aliphatic heterocycles. The second-order valence-corrected chi connectivity index (χ2v) is 3.88. The summed E-state index contributed by atoms with van der Waals surface area (Å²) >= 11 is 0. The molecule has 0 amide bonds. The molecule has 1 aliphatic rings. The highest BCUT2D eigenvalue weighted by Gasteiger charge is 2.29. The minimum Gasteiger partial charge on any atom is -0.496 e. The summed E-state index contributed by atoms with van der Waals surface area (Å²) in [5, 5.41) is 12.6. The second kappa shape index (κ2) is 4.64. The zero-order valence-electron chi connectivity index (χ0n) is 8.94. The van der Waals surface area contributed by atoms with E-state index in [9.17, 15) is 5.11 Å². The van der Waals surface area contributed by atoms with E-state index in [1.54, 1.807) is 7.11 Å². The Morgan fingerprint density at radius 1 is 1.47 bits per heavy atom. The lowest BCUT2D eigenvalue weighted by molar-refractivity contribution is 0.244. The van der Waals surface area contributed by atoms with Crippen LogP contribution in [0.25, 0.3) is 0 Å². The molecular formula is C12H17NO2. The molecule has 3 heteroatoms. The number of benzene rings is 1. The summed E-state index contributed by atoms with van der Waals surface area (Å²) in [4.78, 5) is 0. The van der Waals surface area contributed by atoms with Gasteiger partial charge in [0, 0.05) is 12.0 Å². The molecule has 1 saturated heterocycles. The minimum absolute atomic E-state index is 0.168. The molecule has 0 saturated carbocycles. The molecule has 1 heterocycles. The van der Waals surface area contributed by atoms with Crippen LogP contribution in [0.4, 0.5) is 0 Å². The van der Waals surface area contributed by atoms with Crippen LogP contribution < -0.4 is 10.1 Å². The van der Waals surface area contributed by atoms with Gasteiger partial charge in [-0.1, -0.05) is 18.2 Å². The molecule has 2 N–H and O–H groups in total.